The van der Waals surface area contributed by atoms with Gasteiger partial charge in [-0.2, -0.15) is 10.2 Å². The van der Waals surface area contributed by atoms with Gasteiger partial charge >= 0.3 is 0 Å². The SMILES string of the molecule is Cn1cc(-c2cnc3[nH]nc(-c4cc5c(-c6ccc(S(C)(=O)=O)s6)nccc5[nH]4)c3c2)cn1. The minimum atomic E-state index is -3.27. The summed E-state index contributed by atoms with van der Waals surface area (Å²) in [6.07, 6.45) is 8.46. The van der Waals surface area contributed by atoms with E-state index in [0.717, 1.165) is 49.4 Å². The molecule has 0 aromatic carbocycles. The van der Waals surface area contributed by atoms with E-state index >= 15 is 0 Å². The van der Waals surface area contributed by atoms with Gasteiger partial charge in [-0.25, -0.2) is 13.4 Å². The van der Waals surface area contributed by atoms with Crippen LogP contribution in [-0.4, -0.2) is 49.6 Å². The highest BCUT2D eigenvalue weighted by Crippen LogP contribution is 2.36. The maximum absolute atomic E-state index is 11.9. The van der Waals surface area contributed by atoms with Gasteiger partial charge in [0.25, 0.3) is 0 Å². The second-order valence-electron chi connectivity index (χ2n) is 7.79. The Labute approximate surface area is 192 Å². The fraction of sp³-hybridized carbons (Fsp3) is 0.0909. The van der Waals surface area contributed by atoms with E-state index in [1.807, 2.05) is 31.4 Å². The van der Waals surface area contributed by atoms with Crippen LogP contribution in [0, 0.1) is 0 Å². The maximum Gasteiger partial charge on any atom is 0.184 e. The molecule has 6 heterocycles. The Morgan fingerprint density at radius 1 is 1.00 bits per heavy atom. The van der Waals surface area contributed by atoms with E-state index in [0.29, 0.717) is 9.86 Å². The Hall–Kier alpha value is -3.83. The maximum atomic E-state index is 11.9. The average molecular weight is 476 g/mol. The summed E-state index contributed by atoms with van der Waals surface area (Å²) in [4.78, 5) is 13.3. The highest BCUT2D eigenvalue weighted by molar-refractivity contribution is 7.92. The molecule has 0 aliphatic carbocycles. The first-order valence-corrected chi connectivity index (χ1v) is 12.7. The van der Waals surface area contributed by atoms with Crippen LogP contribution in [0.3, 0.4) is 0 Å². The average Bonchev–Trinajstić information content (AvgIpc) is 3.56. The Kier molecular flexibility index (Phi) is 4.26. The van der Waals surface area contributed by atoms with Gasteiger partial charge in [-0.3, -0.25) is 14.8 Å². The smallest absolute Gasteiger partial charge is 0.184 e. The molecular weight excluding hydrogens is 458 g/mol. The van der Waals surface area contributed by atoms with E-state index in [1.165, 1.54) is 17.6 Å². The number of thiophene rings is 1. The molecule has 0 radical (unpaired) electrons. The van der Waals surface area contributed by atoms with Gasteiger partial charge in [-0.1, -0.05) is 0 Å². The van der Waals surface area contributed by atoms with Crippen molar-refractivity contribution in [3.63, 3.8) is 0 Å². The first-order valence-electron chi connectivity index (χ1n) is 9.98. The summed E-state index contributed by atoms with van der Waals surface area (Å²) in [6.45, 7) is 0. The second kappa shape index (κ2) is 7.09. The largest absolute Gasteiger partial charge is 0.353 e. The quantitative estimate of drug-likeness (QED) is 0.397. The normalized spacial score (nSPS) is 12.2. The molecule has 0 amide bonds. The Bertz CT molecular complexity index is 1770. The van der Waals surface area contributed by atoms with Gasteiger partial charge in [-0.05, 0) is 30.3 Å². The van der Waals surface area contributed by atoms with Crippen LogP contribution in [0.25, 0.3) is 55.0 Å². The minimum absolute atomic E-state index is 0.319. The molecule has 6 aromatic heterocycles. The summed E-state index contributed by atoms with van der Waals surface area (Å²) in [7, 11) is -1.39. The van der Waals surface area contributed by atoms with Gasteiger partial charge in [0.05, 0.1) is 22.5 Å². The van der Waals surface area contributed by atoms with Crippen molar-refractivity contribution >= 4 is 43.1 Å². The highest BCUT2D eigenvalue weighted by Gasteiger charge is 2.18. The zero-order valence-electron chi connectivity index (χ0n) is 17.6. The molecule has 33 heavy (non-hydrogen) atoms. The molecule has 6 rings (SSSR count). The van der Waals surface area contributed by atoms with Gasteiger partial charge in [0, 0.05) is 59.3 Å². The van der Waals surface area contributed by atoms with E-state index in [1.54, 1.807) is 35.4 Å². The number of rotatable bonds is 4. The Balaban J connectivity index is 1.49. The predicted octanol–water partition coefficient (Wildman–Crippen LogP) is 4.03. The van der Waals surface area contributed by atoms with E-state index in [-0.39, 0.29) is 0 Å². The van der Waals surface area contributed by atoms with Crippen LogP contribution in [0.5, 0.6) is 0 Å². The summed E-state index contributed by atoms with van der Waals surface area (Å²) >= 11 is 1.21. The van der Waals surface area contributed by atoms with E-state index in [9.17, 15) is 8.42 Å². The molecule has 0 saturated carbocycles. The van der Waals surface area contributed by atoms with Gasteiger partial charge in [-0.15, -0.1) is 11.3 Å². The number of nitrogens with zero attached hydrogens (tertiary/aromatic N) is 5. The number of aryl methyl sites for hydroxylation is 1. The minimum Gasteiger partial charge on any atom is -0.353 e. The highest BCUT2D eigenvalue weighted by atomic mass is 32.2. The molecule has 0 spiro atoms. The van der Waals surface area contributed by atoms with Crippen molar-refractivity contribution in [2.45, 2.75) is 4.21 Å². The van der Waals surface area contributed by atoms with Crippen molar-refractivity contribution in [1.82, 2.24) is 34.9 Å². The van der Waals surface area contributed by atoms with E-state index < -0.39 is 9.84 Å². The van der Waals surface area contributed by atoms with Crippen molar-refractivity contribution in [3.8, 4) is 33.1 Å². The Morgan fingerprint density at radius 3 is 2.64 bits per heavy atom. The first kappa shape index (κ1) is 19.8. The zero-order chi connectivity index (χ0) is 22.7. The van der Waals surface area contributed by atoms with Gasteiger partial charge < -0.3 is 4.98 Å². The molecule has 0 fully saturated rings. The van der Waals surface area contributed by atoms with Crippen LogP contribution in [0.1, 0.15) is 0 Å². The van der Waals surface area contributed by atoms with Gasteiger partial charge in [0.1, 0.15) is 9.90 Å². The fourth-order valence-corrected chi connectivity index (χ4v) is 5.80. The monoisotopic (exact) mass is 475 g/mol. The number of fused-ring (bicyclic) bond motifs is 2. The molecule has 0 aliphatic rings. The van der Waals surface area contributed by atoms with Crippen LogP contribution >= 0.6 is 11.3 Å². The number of aromatic amines is 2. The van der Waals surface area contributed by atoms with Crippen LogP contribution < -0.4 is 0 Å². The molecule has 2 N–H and O–H groups in total. The van der Waals surface area contributed by atoms with Crippen molar-refractivity contribution in [2.75, 3.05) is 6.26 Å². The summed E-state index contributed by atoms with van der Waals surface area (Å²) in [5, 5.41) is 13.5. The number of nitrogens with one attached hydrogen (secondary N) is 2. The van der Waals surface area contributed by atoms with E-state index in [2.05, 4.69) is 30.2 Å². The first-order chi connectivity index (χ1) is 15.9. The van der Waals surface area contributed by atoms with Gasteiger partial charge in [0.15, 0.2) is 15.5 Å². The van der Waals surface area contributed by atoms with E-state index in [4.69, 9.17) is 0 Å². The standard InChI is InChI=1S/C22H17N7O2S2/c1-29-11-13(10-25-29)12-7-15-20(27-28-22(15)24-9-12)17-8-14-16(26-17)5-6-23-21(14)18-3-4-19(32-18)33(2,30)31/h3-11,26H,1-2H3,(H,24,27,28). The number of pyridine rings is 2. The number of aromatic nitrogens is 7. The van der Waals surface area contributed by atoms with Crippen LogP contribution in [0.15, 0.2) is 59.3 Å². The number of sulfone groups is 1. The number of hydrogen-bond acceptors (Lipinski definition) is 7. The second-order valence-corrected chi connectivity index (χ2v) is 11.1. The predicted molar refractivity (Wildman–Crippen MR) is 128 cm³/mol. The summed E-state index contributed by atoms with van der Waals surface area (Å²) in [5.74, 6) is 0. The van der Waals surface area contributed by atoms with Crippen molar-refractivity contribution < 1.29 is 8.42 Å². The lowest BCUT2D eigenvalue weighted by molar-refractivity contribution is 0.604. The third-order valence-corrected chi connectivity index (χ3v) is 8.35. The lowest BCUT2D eigenvalue weighted by Gasteiger charge is -1.98. The lowest BCUT2D eigenvalue weighted by Crippen LogP contribution is -1.91. The molecule has 0 aliphatic heterocycles. The molecule has 6 aromatic rings. The summed E-state index contributed by atoms with van der Waals surface area (Å²) < 4.78 is 25.9. The number of H-pyrrole nitrogens is 2. The molecule has 0 saturated heterocycles. The Morgan fingerprint density at radius 2 is 1.88 bits per heavy atom. The lowest BCUT2D eigenvalue weighted by atomic mass is 10.1. The molecule has 0 unspecified atom stereocenters. The molecule has 164 valence electrons. The molecular formula is C22H17N7O2S2. The van der Waals surface area contributed by atoms with Crippen molar-refractivity contribution in [3.05, 3.63) is 55.1 Å². The van der Waals surface area contributed by atoms with Crippen LogP contribution in [0.4, 0.5) is 0 Å². The van der Waals surface area contributed by atoms with Crippen LogP contribution in [-0.2, 0) is 16.9 Å². The fourth-order valence-electron chi connectivity index (χ4n) is 3.86. The number of hydrogen-bond donors (Lipinski definition) is 2. The third kappa shape index (κ3) is 3.33. The topological polar surface area (TPSA) is 122 Å². The van der Waals surface area contributed by atoms with Gasteiger partial charge in [0.2, 0.25) is 0 Å². The molecule has 9 nitrogen and oxygen atoms in total. The summed E-state index contributed by atoms with van der Waals surface area (Å²) in [6, 6.07) is 9.34. The zero-order valence-corrected chi connectivity index (χ0v) is 19.2. The van der Waals surface area contributed by atoms with Crippen molar-refractivity contribution in [1.29, 1.82) is 0 Å². The molecule has 0 atom stereocenters. The molecule has 0 bridgehead atoms. The third-order valence-electron chi connectivity index (χ3n) is 5.44. The molecule has 11 heteroatoms. The van der Waals surface area contributed by atoms with Crippen LogP contribution in [0.2, 0.25) is 0 Å². The summed E-state index contributed by atoms with van der Waals surface area (Å²) in [5.41, 5.74) is 5.78. The van der Waals surface area contributed by atoms with Crippen molar-refractivity contribution in [2.24, 2.45) is 7.05 Å².